The molecule has 0 radical (unpaired) electrons. The normalized spacial score (nSPS) is 13.7. The van der Waals surface area contributed by atoms with Crippen LogP contribution in [0.1, 0.15) is 142 Å². The van der Waals surface area contributed by atoms with Gasteiger partial charge in [-0.25, -0.2) is 4.79 Å². The Morgan fingerprint density at radius 1 is 0.647 bits per heavy atom. The highest BCUT2D eigenvalue weighted by Gasteiger charge is 2.32. The number of hydroxylamine groups is 2. The molecule has 34 heavy (non-hydrogen) atoms. The van der Waals surface area contributed by atoms with Crippen LogP contribution >= 0.6 is 21.6 Å². The summed E-state index contributed by atoms with van der Waals surface area (Å²) in [6, 6.07) is 0. The Morgan fingerprint density at radius 3 is 1.47 bits per heavy atom. The molecular formula is C27H49NO4S2. The lowest BCUT2D eigenvalue weighted by molar-refractivity contribution is -0.197. The number of carbonyl (C=O) groups is 3. The summed E-state index contributed by atoms with van der Waals surface area (Å²) >= 11 is 0. The first kappa shape index (κ1) is 31.3. The Morgan fingerprint density at radius 2 is 1.03 bits per heavy atom. The molecule has 1 saturated heterocycles. The Balaban J connectivity index is 1.72. The average Bonchev–Trinajstić information content (AvgIpc) is 3.14. The smallest absolute Gasteiger partial charge is 0.330 e. The van der Waals surface area contributed by atoms with E-state index in [-0.39, 0.29) is 19.3 Å². The van der Waals surface area contributed by atoms with Crippen molar-refractivity contribution in [2.24, 2.45) is 0 Å². The summed E-state index contributed by atoms with van der Waals surface area (Å²) < 4.78 is 0. The molecule has 0 aromatic heterocycles. The second kappa shape index (κ2) is 22.8. The van der Waals surface area contributed by atoms with Gasteiger partial charge in [0.05, 0.1) is 0 Å². The van der Waals surface area contributed by atoms with E-state index in [1.165, 1.54) is 108 Å². The zero-order valence-electron chi connectivity index (χ0n) is 21.7. The fourth-order valence-corrected chi connectivity index (χ4v) is 6.36. The van der Waals surface area contributed by atoms with Crippen LogP contribution in [0.5, 0.6) is 0 Å². The molecule has 1 heterocycles. The van der Waals surface area contributed by atoms with Crippen LogP contribution in [0.4, 0.5) is 0 Å². The Hall–Kier alpha value is -0.690. The monoisotopic (exact) mass is 515 g/mol. The molecule has 2 amide bonds. The minimum Gasteiger partial charge on any atom is -0.330 e. The fourth-order valence-electron chi connectivity index (χ4n) is 4.06. The predicted molar refractivity (Wildman–Crippen MR) is 145 cm³/mol. The van der Waals surface area contributed by atoms with Crippen molar-refractivity contribution in [3.8, 4) is 0 Å². The Bertz CT molecular complexity index is 529. The highest BCUT2D eigenvalue weighted by atomic mass is 33.1. The number of nitrogens with zero attached hydrogens (tertiary/aromatic N) is 1. The van der Waals surface area contributed by atoms with E-state index >= 15 is 0 Å². The lowest BCUT2D eigenvalue weighted by Gasteiger charge is -2.12. The SMILES string of the molecule is CCCCCCCCCCCCSSCCCCCCCCCCC(=O)ON1C(=O)CCC1=O. The number of hydrogen-bond acceptors (Lipinski definition) is 6. The number of carbonyl (C=O) groups excluding carboxylic acids is 3. The average molecular weight is 516 g/mol. The van der Waals surface area contributed by atoms with Crippen LogP contribution in [0.2, 0.25) is 0 Å². The zero-order chi connectivity index (χ0) is 24.7. The van der Waals surface area contributed by atoms with E-state index in [9.17, 15) is 14.4 Å². The third-order valence-corrected chi connectivity index (χ3v) is 8.80. The molecule has 0 aromatic rings. The van der Waals surface area contributed by atoms with Crippen LogP contribution < -0.4 is 0 Å². The summed E-state index contributed by atoms with van der Waals surface area (Å²) in [4.78, 5) is 39.4. The number of hydrogen-bond donors (Lipinski definition) is 0. The summed E-state index contributed by atoms with van der Waals surface area (Å²) in [7, 11) is 4.11. The predicted octanol–water partition coefficient (Wildman–Crippen LogP) is 8.41. The lowest BCUT2D eigenvalue weighted by atomic mass is 10.1. The largest absolute Gasteiger partial charge is 0.333 e. The highest BCUT2D eigenvalue weighted by molar-refractivity contribution is 8.76. The second-order valence-electron chi connectivity index (χ2n) is 9.45. The molecule has 7 heteroatoms. The molecule has 0 spiro atoms. The third-order valence-electron chi connectivity index (χ3n) is 6.22. The molecule has 1 aliphatic rings. The Labute approximate surface area is 216 Å². The number of unbranched alkanes of at least 4 members (excludes halogenated alkanes) is 16. The first-order valence-electron chi connectivity index (χ1n) is 14.0. The van der Waals surface area contributed by atoms with Crippen molar-refractivity contribution in [1.82, 2.24) is 5.06 Å². The van der Waals surface area contributed by atoms with E-state index < -0.39 is 17.8 Å². The second-order valence-corrected chi connectivity index (χ2v) is 12.2. The van der Waals surface area contributed by atoms with E-state index in [1.54, 1.807) is 0 Å². The quantitative estimate of drug-likeness (QED) is 0.0730. The van der Waals surface area contributed by atoms with E-state index in [0.29, 0.717) is 5.06 Å². The molecule has 1 aliphatic heterocycles. The van der Waals surface area contributed by atoms with Gasteiger partial charge in [0.1, 0.15) is 0 Å². The molecule has 5 nitrogen and oxygen atoms in total. The van der Waals surface area contributed by atoms with Gasteiger partial charge in [-0.2, -0.15) is 0 Å². The van der Waals surface area contributed by atoms with Crippen LogP contribution in [0.3, 0.4) is 0 Å². The van der Waals surface area contributed by atoms with Crippen molar-refractivity contribution >= 4 is 39.4 Å². The van der Waals surface area contributed by atoms with Crippen molar-refractivity contribution in [3.63, 3.8) is 0 Å². The molecule has 0 unspecified atom stereocenters. The van der Waals surface area contributed by atoms with Gasteiger partial charge < -0.3 is 4.84 Å². The van der Waals surface area contributed by atoms with Crippen LogP contribution in [0.25, 0.3) is 0 Å². The maximum Gasteiger partial charge on any atom is 0.333 e. The first-order chi connectivity index (χ1) is 16.6. The summed E-state index contributed by atoms with van der Waals surface area (Å²) in [5, 5.41) is 0.636. The number of rotatable bonds is 24. The fraction of sp³-hybridized carbons (Fsp3) is 0.889. The summed E-state index contributed by atoms with van der Waals surface area (Å²) in [6.07, 6.45) is 23.9. The van der Waals surface area contributed by atoms with Crippen molar-refractivity contribution in [3.05, 3.63) is 0 Å². The molecule has 1 fully saturated rings. The molecule has 0 bridgehead atoms. The molecule has 198 valence electrons. The van der Waals surface area contributed by atoms with E-state index in [4.69, 9.17) is 4.84 Å². The van der Waals surface area contributed by atoms with Crippen LogP contribution in [-0.2, 0) is 19.2 Å². The van der Waals surface area contributed by atoms with Gasteiger partial charge in [0, 0.05) is 30.8 Å². The molecule has 0 aliphatic carbocycles. The van der Waals surface area contributed by atoms with Crippen LogP contribution in [0, 0.1) is 0 Å². The molecule has 0 N–H and O–H groups in total. The highest BCUT2D eigenvalue weighted by Crippen LogP contribution is 2.25. The number of imide groups is 1. The standard InChI is InChI=1S/C27H49NO4S2/c1-2-3-4-5-6-7-9-12-15-18-23-33-34-24-19-16-13-10-8-11-14-17-20-27(31)32-28-25(29)21-22-26(28)30/h2-24H2,1H3. The van der Waals surface area contributed by atoms with Gasteiger partial charge in [-0.1, -0.05) is 125 Å². The van der Waals surface area contributed by atoms with Gasteiger partial charge in [0.2, 0.25) is 0 Å². The minimum absolute atomic E-state index is 0.142. The van der Waals surface area contributed by atoms with E-state index in [1.807, 2.05) is 10.8 Å². The van der Waals surface area contributed by atoms with Gasteiger partial charge in [-0.3, -0.25) is 9.59 Å². The van der Waals surface area contributed by atoms with E-state index in [0.717, 1.165) is 19.3 Å². The van der Waals surface area contributed by atoms with Gasteiger partial charge in [0.25, 0.3) is 11.8 Å². The maximum atomic E-state index is 11.7. The van der Waals surface area contributed by atoms with Crippen LogP contribution in [0.15, 0.2) is 0 Å². The molecule has 1 rings (SSSR count). The summed E-state index contributed by atoms with van der Waals surface area (Å²) in [6.45, 7) is 2.28. The first-order valence-corrected chi connectivity index (χ1v) is 16.4. The Kier molecular flexibility index (Phi) is 21.0. The molecule has 0 atom stereocenters. The van der Waals surface area contributed by atoms with Crippen LogP contribution in [-0.4, -0.2) is 34.4 Å². The molecule has 0 saturated carbocycles. The van der Waals surface area contributed by atoms with Gasteiger partial charge in [0.15, 0.2) is 0 Å². The topological polar surface area (TPSA) is 63.7 Å². The van der Waals surface area contributed by atoms with E-state index in [2.05, 4.69) is 17.7 Å². The van der Waals surface area contributed by atoms with Gasteiger partial charge >= 0.3 is 5.97 Å². The summed E-state index contributed by atoms with van der Waals surface area (Å²) in [5.41, 5.74) is 0. The zero-order valence-corrected chi connectivity index (χ0v) is 23.3. The molecular weight excluding hydrogens is 466 g/mol. The van der Waals surface area contributed by atoms with Crippen molar-refractivity contribution in [2.45, 2.75) is 142 Å². The van der Waals surface area contributed by atoms with Gasteiger partial charge in [-0.15, -0.1) is 5.06 Å². The minimum atomic E-state index is -0.480. The van der Waals surface area contributed by atoms with Crippen molar-refractivity contribution < 1.29 is 19.2 Å². The van der Waals surface area contributed by atoms with Crippen molar-refractivity contribution in [1.29, 1.82) is 0 Å². The number of amides is 2. The van der Waals surface area contributed by atoms with Crippen molar-refractivity contribution in [2.75, 3.05) is 11.5 Å². The molecule has 0 aromatic carbocycles. The lowest BCUT2D eigenvalue weighted by Crippen LogP contribution is -2.31. The third kappa shape index (κ3) is 17.7. The van der Waals surface area contributed by atoms with Gasteiger partial charge in [-0.05, 0) is 19.3 Å². The maximum absolute atomic E-state index is 11.7. The summed E-state index contributed by atoms with van der Waals surface area (Å²) in [5.74, 6) is 1.27.